The molecule has 1 unspecified atom stereocenters. The largest absolute Gasteiger partial charge is 0.396 e. The lowest BCUT2D eigenvalue weighted by molar-refractivity contribution is 0.160. The molecule has 12 heavy (non-hydrogen) atoms. The van der Waals surface area contributed by atoms with Crippen LogP contribution in [0.5, 0.6) is 0 Å². The summed E-state index contributed by atoms with van der Waals surface area (Å²) in [7, 11) is 0. The molecule has 1 aliphatic rings. The number of hydrogen-bond donors (Lipinski definition) is 2. The van der Waals surface area contributed by atoms with E-state index in [9.17, 15) is 0 Å². The molecule has 0 aromatic carbocycles. The van der Waals surface area contributed by atoms with Gasteiger partial charge in [0.15, 0.2) is 0 Å². The van der Waals surface area contributed by atoms with Gasteiger partial charge in [0.05, 0.1) is 0 Å². The molecule has 0 aromatic rings. The third-order valence-electron chi connectivity index (χ3n) is 3.25. The van der Waals surface area contributed by atoms with Crippen molar-refractivity contribution in [3.8, 4) is 0 Å². The minimum absolute atomic E-state index is 0.362. The van der Waals surface area contributed by atoms with Crippen LogP contribution in [0.15, 0.2) is 0 Å². The van der Waals surface area contributed by atoms with Gasteiger partial charge in [0, 0.05) is 6.61 Å². The SMILES string of the molecule is CC1(C(CO)CCCCN)CC1. The van der Waals surface area contributed by atoms with Crippen LogP contribution in [0.1, 0.15) is 39.0 Å². The Balaban J connectivity index is 2.17. The molecule has 1 fully saturated rings. The van der Waals surface area contributed by atoms with E-state index in [4.69, 9.17) is 10.8 Å². The fraction of sp³-hybridized carbons (Fsp3) is 1.00. The number of unbranched alkanes of at least 4 members (excludes halogenated alkanes) is 1. The molecule has 0 saturated heterocycles. The van der Waals surface area contributed by atoms with Gasteiger partial charge in [-0.2, -0.15) is 0 Å². The second-order valence-corrected chi connectivity index (χ2v) is 4.32. The van der Waals surface area contributed by atoms with Crippen molar-refractivity contribution >= 4 is 0 Å². The van der Waals surface area contributed by atoms with Gasteiger partial charge in [-0.3, -0.25) is 0 Å². The van der Waals surface area contributed by atoms with Gasteiger partial charge in [0.1, 0.15) is 0 Å². The Morgan fingerprint density at radius 3 is 2.50 bits per heavy atom. The van der Waals surface area contributed by atoms with Crippen molar-refractivity contribution in [2.24, 2.45) is 17.1 Å². The fourth-order valence-electron chi connectivity index (χ4n) is 1.80. The zero-order chi connectivity index (χ0) is 9.03. The molecule has 0 aliphatic heterocycles. The minimum atomic E-state index is 0.362. The Morgan fingerprint density at radius 1 is 1.42 bits per heavy atom. The topological polar surface area (TPSA) is 46.2 Å². The van der Waals surface area contributed by atoms with Crippen LogP contribution in [0.3, 0.4) is 0 Å². The van der Waals surface area contributed by atoms with E-state index >= 15 is 0 Å². The van der Waals surface area contributed by atoms with E-state index in [1.807, 2.05) is 0 Å². The Morgan fingerprint density at radius 2 is 2.08 bits per heavy atom. The summed E-state index contributed by atoms with van der Waals surface area (Å²) in [6, 6.07) is 0. The van der Waals surface area contributed by atoms with Crippen molar-refractivity contribution in [2.45, 2.75) is 39.0 Å². The first-order valence-corrected chi connectivity index (χ1v) is 5.04. The maximum Gasteiger partial charge on any atom is 0.0464 e. The first-order valence-electron chi connectivity index (χ1n) is 5.04. The highest BCUT2D eigenvalue weighted by Crippen LogP contribution is 2.52. The van der Waals surface area contributed by atoms with E-state index in [-0.39, 0.29) is 0 Å². The summed E-state index contributed by atoms with van der Waals surface area (Å²) in [6.07, 6.45) is 6.05. The predicted octanol–water partition coefficient (Wildman–Crippen LogP) is 1.52. The van der Waals surface area contributed by atoms with Crippen LogP contribution >= 0.6 is 0 Å². The van der Waals surface area contributed by atoms with Gasteiger partial charge in [0.25, 0.3) is 0 Å². The van der Waals surface area contributed by atoms with Crippen LogP contribution in [0.25, 0.3) is 0 Å². The molecule has 1 aliphatic carbocycles. The maximum atomic E-state index is 9.17. The first kappa shape index (κ1) is 10.0. The summed E-state index contributed by atoms with van der Waals surface area (Å²) in [5.41, 5.74) is 5.89. The molecule has 3 N–H and O–H groups in total. The standard InChI is InChI=1S/C10H21NO/c1-10(5-6-10)9(8-12)4-2-3-7-11/h9,12H,2-8,11H2,1H3. The molecule has 72 valence electrons. The third-order valence-corrected chi connectivity index (χ3v) is 3.25. The van der Waals surface area contributed by atoms with E-state index in [1.165, 1.54) is 19.3 Å². The van der Waals surface area contributed by atoms with Crippen molar-refractivity contribution in [3.63, 3.8) is 0 Å². The fourth-order valence-corrected chi connectivity index (χ4v) is 1.80. The molecule has 1 saturated carbocycles. The Kier molecular flexibility index (Phi) is 3.53. The normalized spacial score (nSPS) is 22.2. The Labute approximate surface area is 75.2 Å². The lowest BCUT2D eigenvalue weighted by Crippen LogP contribution is -2.17. The van der Waals surface area contributed by atoms with Crippen LogP contribution in [-0.4, -0.2) is 18.3 Å². The minimum Gasteiger partial charge on any atom is -0.396 e. The van der Waals surface area contributed by atoms with Crippen molar-refractivity contribution in [1.29, 1.82) is 0 Å². The average molecular weight is 171 g/mol. The smallest absolute Gasteiger partial charge is 0.0464 e. The van der Waals surface area contributed by atoms with Crippen LogP contribution in [0.4, 0.5) is 0 Å². The maximum absolute atomic E-state index is 9.17. The summed E-state index contributed by atoms with van der Waals surface area (Å²) >= 11 is 0. The number of nitrogens with two attached hydrogens (primary N) is 1. The van der Waals surface area contributed by atoms with E-state index in [0.717, 1.165) is 19.4 Å². The highest BCUT2D eigenvalue weighted by Gasteiger charge is 2.43. The van der Waals surface area contributed by atoms with Gasteiger partial charge < -0.3 is 10.8 Å². The zero-order valence-electron chi connectivity index (χ0n) is 8.05. The highest BCUT2D eigenvalue weighted by atomic mass is 16.3. The summed E-state index contributed by atoms with van der Waals surface area (Å²) in [6.45, 7) is 3.44. The molecule has 0 bridgehead atoms. The second kappa shape index (κ2) is 4.24. The molecule has 1 rings (SSSR count). The van der Waals surface area contributed by atoms with E-state index in [2.05, 4.69) is 6.92 Å². The van der Waals surface area contributed by atoms with Gasteiger partial charge in [-0.05, 0) is 43.6 Å². The summed E-state index contributed by atoms with van der Waals surface area (Å²) < 4.78 is 0. The van der Waals surface area contributed by atoms with E-state index in [0.29, 0.717) is 17.9 Å². The van der Waals surface area contributed by atoms with Gasteiger partial charge >= 0.3 is 0 Å². The van der Waals surface area contributed by atoms with Crippen molar-refractivity contribution in [1.82, 2.24) is 0 Å². The third kappa shape index (κ3) is 2.46. The Bertz CT molecular complexity index is 132. The van der Waals surface area contributed by atoms with Crippen molar-refractivity contribution < 1.29 is 5.11 Å². The van der Waals surface area contributed by atoms with Gasteiger partial charge in [-0.25, -0.2) is 0 Å². The summed E-state index contributed by atoms with van der Waals surface area (Å²) in [5.74, 6) is 0.532. The van der Waals surface area contributed by atoms with Crippen LogP contribution in [0, 0.1) is 11.3 Å². The quantitative estimate of drug-likeness (QED) is 0.595. The second-order valence-electron chi connectivity index (χ2n) is 4.32. The number of rotatable bonds is 6. The van der Waals surface area contributed by atoms with Gasteiger partial charge in [-0.1, -0.05) is 13.3 Å². The first-order chi connectivity index (χ1) is 5.73. The number of aliphatic hydroxyl groups excluding tert-OH is 1. The number of aliphatic hydroxyl groups is 1. The van der Waals surface area contributed by atoms with Crippen molar-refractivity contribution in [3.05, 3.63) is 0 Å². The van der Waals surface area contributed by atoms with E-state index in [1.54, 1.807) is 0 Å². The van der Waals surface area contributed by atoms with Crippen LogP contribution in [-0.2, 0) is 0 Å². The molecule has 1 atom stereocenters. The van der Waals surface area contributed by atoms with Crippen LogP contribution < -0.4 is 5.73 Å². The molecule has 0 amide bonds. The molecule has 0 heterocycles. The monoisotopic (exact) mass is 171 g/mol. The van der Waals surface area contributed by atoms with Crippen molar-refractivity contribution in [2.75, 3.05) is 13.2 Å². The van der Waals surface area contributed by atoms with E-state index < -0.39 is 0 Å². The lowest BCUT2D eigenvalue weighted by Gasteiger charge is -2.20. The highest BCUT2D eigenvalue weighted by molar-refractivity contribution is 4.94. The lowest BCUT2D eigenvalue weighted by atomic mass is 9.87. The zero-order valence-corrected chi connectivity index (χ0v) is 8.05. The molecular weight excluding hydrogens is 150 g/mol. The number of hydrogen-bond acceptors (Lipinski definition) is 2. The Hall–Kier alpha value is -0.0800. The summed E-state index contributed by atoms with van der Waals surface area (Å²) in [4.78, 5) is 0. The molecule has 2 heteroatoms. The van der Waals surface area contributed by atoms with Gasteiger partial charge in [-0.15, -0.1) is 0 Å². The van der Waals surface area contributed by atoms with Crippen LogP contribution in [0.2, 0.25) is 0 Å². The molecule has 0 spiro atoms. The summed E-state index contributed by atoms with van der Waals surface area (Å²) in [5, 5.41) is 9.17. The molecule has 2 nitrogen and oxygen atoms in total. The average Bonchev–Trinajstić information content (AvgIpc) is 2.78. The molecule has 0 radical (unpaired) electrons. The molecular formula is C10H21NO. The van der Waals surface area contributed by atoms with Gasteiger partial charge in [0.2, 0.25) is 0 Å². The predicted molar refractivity (Wildman–Crippen MR) is 50.8 cm³/mol. The molecule has 0 aromatic heterocycles.